The molecule has 186 valence electrons. The van der Waals surface area contributed by atoms with Crippen LogP contribution in [0.25, 0.3) is 5.69 Å². The van der Waals surface area contributed by atoms with Crippen molar-refractivity contribution in [1.82, 2.24) is 13.7 Å². The normalized spacial score (nSPS) is 11.4. The van der Waals surface area contributed by atoms with Gasteiger partial charge in [0.2, 0.25) is 0 Å². The van der Waals surface area contributed by atoms with Gasteiger partial charge >= 0.3 is 29.2 Å². The Balaban J connectivity index is 2.14. The van der Waals surface area contributed by atoms with Crippen LogP contribution in [0.2, 0.25) is 5.02 Å². The lowest BCUT2D eigenvalue weighted by molar-refractivity contribution is -0.141. The van der Waals surface area contributed by atoms with Crippen molar-refractivity contribution in [3.8, 4) is 17.2 Å². The van der Waals surface area contributed by atoms with Gasteiger partial charge in [0, 0.05) is 25.2 Å². The van der Waals surface area contributed by atoms with Crippen LogP contribution in [0, 0.1) is 11.6 Å². The lowest BCUT2D eigenvalue weighted by Gasteiger charge is -2.14. The van der Waals surface area contributed by atoms with E-state index in [2.05, 4.69) is 4.74 Å². The summed E-state index contributed by atoms with van der Waals surface area (Å²) in [6, 6.07) is 3.57. The second-order valence-electron chi connectivity index (χ2n) is 6.88. The molecule has 0 atom stereocenters. The van der Waals surface area contributed by atoms with E-state index in [4.69, 9.17) is 16.3 Å². The number of nitrogens with zero attached hydrogens (tertiary/aromatic N) is 3. The number of alkyl halides is 3. The highest BCUT2D eigenvalue weighted by molar-refractivity contribution is 6.31. The molecule has 0 aliphatic heterocycles. The first-order valence-electron chi connectivity index (χ1n) is 9.30. The fraction of sp³-hybridized carbons (Fsp3) is 0.200. The van der Waals surface area contributed by atoms with E-state index in [0.717, 1.165) is 32.4 Å². The number of hydrogen-bond acceptors (Lipinski definition) is 6. The molecule has 1 aromatic heterocycles. The Kier molecular flexibility index (Phi) is 6.87. The van der Waals surface area contributed by atoms with Crippen molar-refractivity contribution < 1.29 is 36.2 Å². The Hall–Kier alpha value is -3.94. The Morgan fingerprint density at radius 3 is 2.20 bits per heavy atom. The van der Waals surface area contributed by atoms with E-state index in [-0.39, 0.29) is 10.3 Å². The van der Waals surface area contributed by atoms with E-state index in [1.165, 1.54) is 0 Å². The van der Waals surface area contributed by atoms with Crippen molar-refractivity contribution in [2.24, 2.45) is 7.05 Å². The van der Waals surface area contributed by atoms with Gasteiger partial charge in [0.15, 0.2) is 0 Å². The number of carbonyl (C=O) groups is 1. The summed E-state index contributed by atoms with van der Waals surface area (Å²) in [5.74, 6) is -4.72. The number of methoxy groups -OCH3 is 1. The lowest BCUT2D eigenvalue weighted by Crippen LogP contribution is -2.54. The monoisotopic (exact) mass is 521 g/mol. The van der Waals surface area contributed by atoms with Gasteiger partial charge in [-0.15, -0.1) is 0 Å². The van der Waals surface area contributed by atoms with Gasteiger partial charge < -0.3 is 9.47 Å². The van der Waals surface area contributed by atoms with E-state index in [1.807, 2.05) is 0 Å². The molecule has 3 aromatic rings. The molecule has 0 saturated heterocycles. The SMILES string of the molecule is COC(=O)Cn1c(=O)n(C)c(=O)n(-c2cc(Oc3cc(F)c(C(F)(F)F)c(Cl)c3)ccc2F)c1=O. The third kappa shape index (κ3) is 4.96. The number of halogens is 6. The predicted molar refractivity (Wildman–Crippen MR) is 110 cm³/mol. The molecule has 15 heteroatoms. The van der Waals surface area contributed by atoms with Crippen molar-refractivity contribution >= 4 is 17.6 Å². The quantitative estimate of drug-likeness (QED) is 0.378. The van der Waals surface area contributed by atoms with Crippen LogP contribution >= 0.6 is 11.6 Å². The maximum Gasteiger partial charge on any atom is 0.420 e. The minimum Gasteiger partial charge on any atom is -0.468 e. The molecule has 0 bridgehead atoms. The van der Waals surface area contributed by atoms with Gasteiger partial charge in [-0.25, -0.2) is 36.9 Å². The van der Waals surface area contributed by atoms with Gasteiger partial charge in [-0.05, 0) is 12.1 Å². The zero-order valence-electron chi connectivity index (χ0n) is 17.7. The van der Waals surface area contributed by atoms with E-state index < -0.39 is 69.4 Å². The molecular formula is C20H13ClF5N3O6. The van der Waals surface area contributed by atoms with Crippen molar-refractivity contribution in [2.45, 2.75) is 12.7 Å². The summed E-state index contributed by atoms with van der Waals surface area (Å²) in [4.78, 5) is 49.2. The van der Waals surface area contributed by atoms with E-state index >= 15 is 0 Å². The number of benzene rings is 2. The highest BCUT2D eigenvalue weighted by Crippen LogP contribution is 2.39. The van der Waals surface area contributed by atoms with Crippen LogP contribution in [-0.2, 0) is 29.3 Å². The molecule has 2 aromatic carbocycles. The van der Waals surface area contributed by atoms with Gasteiger partial charge in [0.25, 0.3) is 0 Å². The summed E-state index contributed by atoms with van der Waals surface area (Å²) in [5, 5.41) is -1.00. The first-order chi connectivity index (χ1) is 16.3. The number of hydrogen-bond donors (Lipinski definition) is 0. The Bertz CT molecular complexity index is 1490. The molecule has 0 aliphatic rings. The maximum atomic E-state index is 14.6. The summed E-state index contributed by atoms with van der Waals surface area (Å²) in [6.07, 6.45) is -5.07. The minimum absolute atomic E-state index is 0.229. The fourth-order valence-electron chi connectivity index (χ4n) is 2.98. The number of carbonyl (C=O) groups excluding carboxylic acids is 1. The molecule has 0 radical (unpaired) electrons. The molecular weight excluding hydrogens is 509 g/mol. The molecule has 0 saturated carbocycles. The molecule has 0 aliphatic carbocycles. The van der Waals surface area contributed by atoms with Gasteiger partial charge in [-0.3, -0.25) is 4.79 Å². The molecule has 1 heterocycles. The molecule has 0 unspecified atom stereocenters. The summed E-state index contributed by atoms with van der Waals surface area (Å²) in [5.41, 5.74) is -6.28. The third-order valence-electron chi connectivity index (χ3n) is 4.63. The molecule has 9 nitrogen and oxygen atoms in total. The highest BCUT2D eigenvalue weighted by Gasteiger charge is 2.37. The van der Waals surface area contributed by atoms with Gasteiger partial charge in [-0.2, -0.15) is 13.2 Å². The summed E-state index contributed by atoms with van der Waals surface area (Å²) in [6.45, 7) is -0.885. The predicted octanol–water partition coefficient (Wildman–Crippen LogP) is 2.61. The van der Waals surface area contributed by atoms with Crippen LogP contribution in [0.1, 0.15) is 5.56 Å². The van der Waals surface area contributed by atoms with E-state index in [9.17, 15) is 41.1 Å². The fourth-order valence-corrected chi connectivity index (χ4v) is 3.28. The van der Waals surface area contributed by atoms with Crippen LogP contribution in [0.5, 0.6) is 11.5 Å². The molecule has 0 fully saturated rings. The minimum atomic E-state index is -5.07. The Labute approximate surface area is 196 Å². The topological polar surface area (TPSA) is 102 Å². The average Bonchev–Trinajstić information content (AvgIpc) is 2.75. The van der Waals surface area contributed by atoms with E-state index in [0.29, 0.717) is 21.3 Å². The van der Waals surface area contributed by atoms with Gasteiger partial charge in [0.05, 0.1) is 17.8 Å². The van der Waals surface area contributed by atoms with Crippen LogP contribution in [-0.4, -0.2) is 26.8 Å². The highest BCUT2D eigenvalue weighted by atomic mass is 35.5. The van der Waals surface area contributed by atoms with Crippen LogP contribution in [0.15, 0.2) is 44.7 Å². The maximum absolute atomic E-state index is 14.6. The molecule has 0 N–H and O–H groups in total. The zero-order chi connectivity index (χ0) is 26.2. The Morgan fingerprint density at radius 2 is 1.63 bits per heavy atom. The van der Waals surface area contributed by atoms with Crippen LogP contribution in [0.3, 0.4) is 0 Å². The van der Waals surface area contributed by atoms with E-state index in [1.54, 1.807) is 0 Å². The average molecular weight is 522 g/mol. The van der Waals surface area contributed by atoms with Crippen molar-refractivity contribution in [3.63, 3.8) is 0 Å². The largest absolute Gasteiger partial charge is 0.468 e. The lowest BCUT2D eigenvalue weighted by atomic mass is 10.2. The smallest absolute Gasteiger partial charge is 0.420 e. The standard InChI is InChI=1S/C20H13ClF5N3O6/c1-27-17(31)28(8-15(30)34-2)19(33)29(18(27)32)14-7-9(3-4-12(14)22)35-10-5-11(21)16(13(23)6-10)20(24,25)26/h3-7H,8H2,1-2H3. The zero-order valence-corrected chi connectivity index (χ0v) is 18.4. The summed E-state index contributed by atoms with van der Waals surface area (Å²) >= 11 is 5.52. The van der Waals surface area contributed by atoms with Gasteiger partial charge in [-0.1, -0.05) is 11.6 Å². The molecule has 0 spiro atoms. The number of rotatable bonds is 5. The summed E-state index contributed by atoms with van der Waals surface area (Å²) in [7, 11) is 1.96. The van der Waals surface area contributed by atoms with Crippen molar-refractivity contribution in [1.29, 1.82) is 0 Å². The summed E-state index contributed by atoms with van der Waals surface area (Å²) < 4.78 is 77.9. The number of esters is 1. The second kappa shape index (κ2) is 9.37. The van der Waals surface area contributed by atoms with Crippen LogP contribution < -0.4 is 21.8 Å². The molecule has 3 rings (SSSR count). The van der Waals surface area contributed by atoms with Gasteiger partial charge in [0.1, 0.15) is 35.2 Å². The first kappa shape index (κ1) is 25.7. The third-order valence-corrected chi connectivity index (χ3v) is 4.92. The second-order valence-corrected chi connectivity index (χ2v) is 7.29. The van der Waals surface area contributed by atoms with Crippen molar-refractivity contribution in [2.75, 3.05) is 7.11 Å². The Morgan fingerprint density at radius 1 is 0.971 bits per heavy atom. The molecule has 35 heavy (non-hydrogen) atoms. The molecule has 0 amide bonds. The number of aromatic nitrogens is 3. The van der Waals surface area contributed by atoms with Crippen LogP contribution in [0.4, 0.5) is 22.0 Å². The first-order valence-corrected chi connectivity index (χ1v) is 9.67. The van der Waals surface area contributed by atoms with Crippen molar-refractivity contribution in [3.05, 3.63) is 84.0 Å². The number of ether oxygens (including phenoxy) is 2.